The molecule has 17 heavy (non-hydrogen) atoms. The lowest BCUT2D eigenvalue weighted by molar-refractivity contribution is 1.52. The van der Waals surface area contributed by atoms with Gasteiger partial charge in [-0.15, -0.1) is 0 Å². The average molecular weight is 285 g/mol. The highest BCUT2D eigenvalue weighted by atomic mass is 35.5. The van der Waals surface area contributed by atoms with Crippen molar-refractivity contribution >= 4 is 46.7 Å². The fourth-order valence-corrected chi connectivity index (χ4v) is 1.76. The van der Waals surface area contributed by atoms with Gasteiger partial charge in [-0.2, -0.15) is 0 Å². The molecule has 0 aromatic heterocycles. The minimum absolute atomic E-state index is 0.458. The van der Waals surface area contributed by atoms with E-state index in [0.29, 0.717) is 20.8 Å². The van der Waals surface area contributed by atoms with Gasteiger partial charge in [-0.1, -0.05) is 53.0 Å². The first kappa shape index (κ1) is 12.4. The summed E-state index contributed by atoms with van der Waals surface area (Å²) >= 11 is 17.7. The van der Waals surface area contributed by atoms with Crippen LogP contribution in [0.1, 0.15) is 5.56 Å². The molecule has 0 saturated carbocycles. The van der Waals surface area contributed by atoms with Crippen LogP contribution in [-0.4, -0.2) is 6.21 Å². The molecule has 0 aliphatic rings. The van der Waals surface area contributed by atoms with Gasteiger partial charge in [0.15, 0.2) is 0 Å². The van der Waals surface area contributed by atoms with Gasteiger partial charge in [0.2, 0.25) is 0 Å². The molecule has 0 atom stereocenters. The van der Waals surface area contributed by atoms with E-state index < -0.39 is 0 Å². The molecule has 0 unspecified atom stereocenters. The summed E-state index contributed by atoms with van der Waals surface area (Å²) in [5.41, 5.74) is 1.60. The Bertz CT molecular complexity index is 547. The van der Waals surface area contributed by atoms with Crippen LogP contribution in [0.2, 0.25) is 15.1 Å². The summed E-state index contributed by atoms with van der Waals surface area (Å²) in [6.07, 6.45) is 1.72. The maximum Gasteiger partial charge on any atom is 0.0848 e. The first-order chi connectivity index (χ1) is 8.16. The molecule has 2 aromatic rings. The monoisotopic (exact) mass is 283 g/mol. The molecule has 0 heterocycles. The van der Waals surface area contributed by atoms with Gasteiger partial charge < -0.3 is 0 Å². The Balaban J connectivity index is 2.26. The van der Waals surface area contributed by atoms with Gasteiger partial charge >= 0.3 is 0 Å². The molecule has 0 bridgehead atoms. The highest BCUT2D eigenvalue weighted by molar-refractivity contribution is 6.43. The fraction of sp³-hybridized carbons (Fsp3) is 0. The summed E-state index contributed by atoms with van der Waals surface area (Å²) < 4.78 is 0. The summed E-state index contributed by atoms with van der Waals surface area (Å²) in [4.78, 5) is 4.28. The predicted octanol–water partition coefficient (Wildman–Crippen LogP) is 5.40. The molecule has 0 aliphatic carbocycles. The Kier molecular flexibility index (Phi) is 4.06. The standard InChI is InChI=1S/C13H8Cl3N/c14-10-6-4-9(5-7-10)8-17-12-3-1-2-11(15)13(12)16/h1-8H. The maximum atomic E-state index is 6.02. The van der Waals surface area contributed by atoms with Crippen molar-refractivity contribution in [2.75, 3.05) is 0 Å². The Morgan fingerprint density at radius 2 is 1.59 bits per heavy atom. The van der Waals surface area contributed by atoms with Crippen molar-refractivity contribution in [1.82, 2.24) is 0 Å². The van der Waals surface area contributed by atoms with Crippen LogP contribution in [0, 0.1) is 0 Å². The van der Waals surface area contributed by atoms with Crippen molar-refractivity contribution in [2.24, 2.45) is 4.99 Å². The van der Waals surface area contributed by atoms with Gasteiger partial charge in [-0.25, -0.2) is 0 Å². The molecule has 2 rings (SSSR count). The molecular formula is C13H8Cl3N. The maximum absolute atomic E-state index is 6.02. The normalized spacial score (nSPS) is 11.0. The van der Waals surface area contributed by atoms with E-state index in [0.717, 1.165) is 5.56 Å². The van der Waals surface area contributed by atoms with E-state index in [1.807, 2.05) is 30.3 Å². The van der Waals surface area contributed by atoms with Crippen molar-refractivity contribution in [3.8, 4) is 0 Å². The third-order valence-electron chi connectivity index (χ3n) is 2.15. The molecule has 4 heteroatoms. The van der Waals surface area contributed by atoms with Crippen LogP contribution in [0.4, 0.5) is 5.69 Å². The van der Waals surface area contributed by atoms with Gasteiger partial charge in [-0.05, 0) is 29.8 Å². The lowest BCUT2D eigenvalue weighted by Crippen LogP contribution is -1.79. The lowest BCUT2D eigenvalue weighted by atomic mass is 10.2. The first-order valence-electron chi connectivity index (χ1n) is 4.90. The van der Waals surface area contributed by atoms with E-state index in [-0.39, 0.29) is 0 Å². The quantitative estimate of drug-likeness (QED) is 0.655. The highest BCUT2D eigenvalue weighted by Crippen LogP contribution is 2.31. The predicted molar refractivity (Wildman–Crippen MR) is 75.2 cm³/mol. The lowest BCUT2D eigenvalue weighted by Gasteiger charge is -1.99. The number of benzene rings is 2. The third-order valence-corrected chi connectivity index (χ3v) is 3.21. The molecule has 86 valence electrons. The molecule has 0 spiro atoms. The van der Waals surface area contributed by atoms with E-state index in [4.69, 9.17) is 34.8 Å². The average Bonchev–Trinajstić information content (AvgIpc) is 2.33. The fourth-order valence-electron chi connectivity index (χ4n) is 1.29. The van der Waals surface area contributed by atoms with Gasteiger partial charge in [0.25, 0.3) is 0 Å². The minimum atomic E-state index is 0.458. The van der Waals surface area contributed by atoms with Crippen LogP contribution in [0.15, 0.2) is 47.5 Å². The second-order valence-electron chi connectivity index (χ2n) is 3.38. The second-order valence-corrected chi connectivity index (χ2v) is 4.60. The highest BCUT2D eigenvalue weighted by Gasteiger charge is 2.01. The number of aliphatic imine (C=N–C) groups is 1. The van der Waals surface area contributed by atoms with E-state index in [1.54, 1.807) is 18.3 Å². The Morgan fingerprint density at radius 3 is 2.29 bits per heavy atom. The number of hydrogen-bond donors (Lipinski definition) is 0. The summed E-state index contributed by atoms with van der Waals surface area (Å²) in [5, 5.41) is 1.65. The number of halogens is 3. The van der Waals surface area contributed by atoms with Gasteiger partial charge in [-0.3, -0.25) is 4.99 Å². The first-order valence-corrected chi connectivity index (χ1v) is 6.04. The summed E-state index contributed by atoms with van der Waals surface area (Å²) in [5.74, 6) is 0. The van der Waals surface area contributed by atoms with Crippen LogP contribution in [0.5, 0.6) is 0 Å². The molecule has 1 nitrogen and oxygen atoms in total. The largest absolute Gasteiger partial charge is 0.255 e. The molecule has 0 saturated heterocycles. The molecule has 0 aliphatic heterocycles. The van der Waals surface area contributed by atoms with Crippen molar-refractivity contribution in [3.05, 3.63) is 63.1 Å². The number of hydrogen-bond acceptors (Lipinski definition) is 1. The van der Waals surface area contributed by atoms with Crippen molar-refractivity contribution in [1.29, 1.82) is 0 Å². The smallest absolute Gasteiger partial charge is 0.0848 e. The molecule has 2 aromatic carbocycles. The summed E-state index contributed by atoms with van der Waals surface area (Å²) in [6.45, 7) is 0. The van der Waals surface area contributed by atoms with Gasteiger partial charge in [0.1, 0.15) is 0 Å². The molecule has 0 radical (unpaired) electrons. The zero-order valence-electron chi connectivity index (χ0n) is 8.70. The SMILES string of the molecule is Clc1ccc(C=Nc2cccc(Cl)c2Cl)cc1. The van der Waals surface area contributed by atoms with Crippen molar-refractivity contribution < 1.29 is 0 Å². The van der Waals surface area contributed by atoms with Crippen LogP contribution in [0.3, 0.4) is 0 Å². The van der Waals surface area contributed by atoms with Gasteiger partial charge in [0, 0.05) is 11.2 Å². The topological polar surface area (TPSA) is 12.4 Å². The second kappa shape index (κ2) is 5.54. The molecular weight excluding hydrogens is 277 g/mol. The molecule has 0 amide bonds. The van der Waals surface area contributed by atoms with E-state index in [1.165, 1.54) is 0 Å². The molecule has 0 fully saturated rings. The summed E-state index contributed by atoms with van der Waals surface area (Å²) in [6, 6.07) is 12.7. The van der Waals surface area contributed by atoms with E-state index >= 15 is 0 Å². The zero-order chi connectivity index (χ0) is 12.3. The zero-order valence-corrected chi connectivity index (χ0v) is 11.0. The van der Waals surface area contributed by atoms with Gasteiger partial charge in [0.05, 0.1) is 15.7 Å². The van der Waals surface area contributed by atoms with Crippen LogP contribution < -0.4 is 0 Å². The number of rotatable bonds is 2. The van der Waals surface area contributed by atoms with Crippen molar-refractivity contribution in [3.63, 3.8) is 0 Å². The van der Waals surface area contributed by atoms with Crippen LogP contribution >= 0.6 is 34.8 Å². The van der Waals surface area contributed by atoms with Crippen LogP contribution in [0.25, 0.3) is 0 Å². The van der Waals surface area contributed by atoms with E-state index in [2.05, 4.69) is 4.99 Å². The molecule has 0 N–H and O–H groups in total. The Morgan fingerprint density at radius 1 is 0.882 bits per heavy atom. The minimum Gasteiger partial charge on any atom is -0.255 e. The van der Waals surface area contributed by atoms with E-state index in [9.17, 15) is 0 Å². The van der Waals surface area contributed by atoms with Crippen molar-refractivity contribution in [2.45, 2.75) is 0 Å². The summed E-state index contributed by atoms with van der Waals surface area (Å²) in [7, 11) is 0. The Hall–Kier alpha value is -1.02. The van der Waals surface area contributed by atoms with Crippen LogP contribution in [-0.2, 0) is 0 Å². The third kappa shape index (κ3) is 3.22. The number of nitrogens with zero attached hydrogens (tertiary/aromatic N) is 1. The Labute approximate surface area is 115 Å².